The number of carbonyl (C=O) groups is 1. The van der Waals surface area contributed by atoms with Crippen molar-refractivity contribution < 1.29 is 13.2 Å². The lowest BCUT2D eigenvalue weighted by atomic mass is 9.93. The van der Waals surface area contributed by atoms with Crippen molar-refractivity contribution in [3.05, 3.63) is 23.9 Å². The third-order valence-electron chi connectivity index (χ3n) is 4.65. The van der Waals surface area contributed by atoms with Crippen LogP contribution in [0, 0.1) is 11.8 Å². The van der Waals surface area contributed by atoms with Gasteiger partial charge in [0.1, 0.15) is 5.82 Å². The fourth-order valence-corrected chi connectivity index (χ4v) is 4.49. The van der Waals surface area contributed by atoms with Gasteiger partial charge in [-0.2, -0.15) is 0 Å². The van der Waals surface area contributed by atoms with Crippen molar-refractivity contribution in [2.75, 3.05) is 24.7 Å². The molecule has 22 heavy (non-hydrogen) atoms. The second kappa shape index (κ2) is 5.51. The highest BCUT2D eigenvalue weighted by Crippen LogP contribution is 2.39. The first-order chi connectivity index (χ1) is 10.4. The van der Waals surface area contributed by atoms with Crippen molar-refractivity contribution in [1.82, 2.24) is 9.29 Å². The van der Waals surface area contributed by atoms with Crippen molar-refractivity contribution in [2.45, 2.75) is 18.9 Å². The van der Waals surface area contributed by atoms with Gasteiger partial charge in [0, 0.05) is 25.3 Å². The van der Waals surface area contributed by atoms with Crippen LogP contribution in [0.15, 0.2) is 18.3 Å². The van der Waals surface area contributed by atoms with Crippen molar-refractivity contribution in [1.29, 1.82) is 0 Å². The number of hydrogen-bond acceptors (Lipinski definition) is 5. The highest BCUT2D eigenvalue weighted by Gasteiger charge is 2.44. The zero-order valence-corrected chi connectivity index (χ0v) is 13.2. The fourth-order valence-electron chi connectivity index (χ4n) is 3.56. The molecule has 2 unspecified atom stereocenters. The van der Waals surface area contributed by atoms with E-state index in [0.717, 1.165) is 12.8 Å². The third kappa shape index (κ3) is 2.80. The molecule has 2 atom stereocenters. The van der Waals surface area contributed by atoms with Gasteiger partial charge in [0.2, 0.25) is 10.0 Å². The number of nitrogens with one attached hydrogen (secondary N) is 1. The lowest BCUT2D eigenvalue weighted by Crippen LogP contribution is -2.49. The van der Waals surface area contributed by atoms with Gasteiger partial charge in [-0.15, -0.1) is 0 Å². The van der Waals surface area contributed by atoms with Gasteiger partial charge in [-0.25, -0.2) is 17.7 Å². The second-order valence-electron chi connectivity index (χ2n) is 6.11. The van der Waals surface area contributed by atoms with Crippen LogP contribution in [0.4, 0.5) is 5.82 Å². The molecule has 3 rings (SSSR count). The zero-order chi connectivity index (χ0) is 15.9. The molecule has 1 aliphatic heterocycles. The van der Waals surface area contributed by atoms with E-state index < -0.39 is 15.9 Å². The molecular weight excluding hydrogens is 304 g/mol. The van der Waals surface area contributed by atoms with Gasteiger partial charge in [-0.3, -0.25) is 4.79 Å². The topological polar surface area (TPSA) is 105 Å². The molecule has 8 heteroatoms. The van der Waals surface area contributed by atoms with Crippen molar-refractivity contribution in [3.8, 4) is 0 Å². The fraction of sp³-hybridized carbons (Fsp3) is 0.571. The molecule has 3 N–H and O–H groups in total. The summed E-state index contributed by atoms with van der Waals surface area (Å²) in [5.74, 6) is 0.439. The van der Waals surface area contributed by atoms with E-state index in [1.54, 1.807) is 22.6 Å². The molecule has 1 amide bonds. The Morgan fingerprint density at radius 3 is 2.55 bits per heavy atom. The van der Waals surface area contributed by atoms with E-state index in [4.69, 9.17) is 5.73 Å². The SMILES string of the molecule is CS(=O)(=O)N1CC2CCC(C1)C2Nc1ncccc1C(N)=O. The Hall–Kier alpha value is -1.67. The van der Waals surface area contributed by atoms with E-state index in [2.05, 4.69) is 10.3 Å². The number of pyridine rings is 1. The number of primary amides is 1. The predicted molar refractivity (Wildman–Crippen MR) is 82.8 cm³/mol. The van der Waals surface area contributed by atoms with Crippen molar-refractivity contribution in [3.63, 3.8) is 0 Å². The molecule has 1 saturated heterocycles. The molecule has 1 aliphatic carbocycles. The maximum absolute atomic E-state index is 11.7. The number of nitrogens with zero attached hydrogens (tertiary/aromatic N) is 2. The minimum absolute atomic E-state index is 0.131. The van der Waals surface area contributed by atoms with Gasteiger partial charge in [-0.1, -0.05) is 0 Å². The number of rotatable bonds is 4. The van der Waals surface area contributed by atoms with Crippen LogP contribution in [-0.2, 0) is 10.0 Å². The van der Waals surface area contributed by atoms with Crippen LogP contribution < -0.4 is 11.1 Å². The molecule has 1 aromatic rings. The standard InChI is InChI=1S/C14H20N4O3S/c1-22(20,21)18-7-9-4-5-10(8-18)12(9)17-14-11(13(15)19)3-2-6-16-14/h2-3,6,9-10,12H,4-5,7-8H2,1H3,(H2,15,19)(H,16,17). The number of amides is 1. The molecule has 2 bridgehead atoms. The van der Waals surface area contributed by atoms with Crippen LogP contribution in [0.5, 0.6) is 0 Å². The van der Waals surface area contributed by atoms with E-state index >= 15 is 0 Å². The van der Waals surface area contributed by atoms with Gasteiger partial charge >= 0.3 is 0 Å². The van der Waals surface area contributed by atoms with Gasteiger partial charge in [-0.05, 0) is 36.8 Å². The molecule has 1 aromatic heterocycles. The Morgan fingerprint density at radius 1 is 1.36 bits per heavy atom. The van der Waals surface area contributed by atoms with Crippen LogP contribution in [0.25, 0.3) is 0 Å². The minimum Gasteiger partial charge on any atom is -0.366 e. The lowest BCUT2D eigenvalue weighted by molar-refractivity contribution is 0.100. The molecule has 2 fully saturated rings. The number of hydrogen-bond donors (Lipinski definition) is 2. The largest absolute Gasteiger partial charge is 0.366 e. The van der Waals surface area contributed by atoms with Crippen LogP contribution in [-0.4, -0.2) is 49.0 Å². The monoisotopic (exact) mass is 324 g/mol. The summed E-state index contributed by atoms with van der Waals surface area (Å²) in [5, 5.41) is 3.33. The average Bonchev–Trinajstić information content (AvgIpc) is 2.69. The first kappa shape index (κ1) is 15.2. The number of fused-ring (bicyclic) bond motifs is 2. The average molecular weight is 324 g/mol. The van der Waals surface area contributed by atoms with Gasteiger partial charge in [0.15, 0.2) is 0 Å². The molecule has 0 radical (unpaired) electrons. The lowest BCUT2D eigenvalue weighted by Gasteiger charge is -2.37. The third-order valence-corrected chi connectivity index (χ3v) is 5.88. The summed E-state index contributed by atoms with van der Waals surface area (Å²) in [5.41, 5.74) is 5.75. The molecular formula is C14H20N4O3S. The number of aromatic nitrogens is 1. The summed E-state index contributed by atoms with van der Waals surface area (Å²) in [4.78, 5) is 15.7. The Morgan fingerprint density at radius 2 is 2.00 bits per heavy atom. The first-order valence-electron chi connectivity index (χ1n) is 7.32. The molecule has 0 aromatic carbocycles. The Balaban J connectivity index is 1.80. The summed E-state index contributed by atoms with van der Waals surface area (Å²) in [6.45, 7) is 1.04. The molecule has 120 valence electrons. The summed E-state index contributed by atoms with van der Waals surface area (Å²) in [6.07, 6.45) is 4.83. The number of piperidine rings is 1. The van der Waals surface area contributed by atoms with E-state index in [9.17, 15) is 13.2 Å². The summed E-state index contributed by atoms with van der Waals surface area (Å²) in [7, 11) is -3.15. The predicted octanol–water partition coefficient (Wildman–Crippen LogP) is 0.262. The van der Waals surface area contributed by atoms with E-state index in [1.807, 2.05) is 0 Å². The summed E-state index contributed by atoms with van der Waals surface area (Å²) in [6, 6.07) is 3.45. The summed E-state index contributed by atoms with van der Waals surface area (Å²) < 4.78 is 25.0. The van der Waals surface area contributed by atoms with Crippen molar-refractivity contribution >= 4 is 21.7 Å². The highest BCUT2D eigenvalue weighted by atomic mass is 32.2. The second-order valence-corrected chi connectivity index (χ2v) is 8.09. The van der Waals surface area contributed by atoms with Crippen LogP contribution >= 0.6 is 0 Å². The molecule has 2 heterocycles. The smallest absolute Gasteiger partial charge is 0.252 e. The van der Waals surface area contributed by atoms with Gasteiger partial charge in [0.05, 0.1) is 11.8 Å². The normalized spacial score (nSPS) is 28.5. The van der Waals surface area contributed by atoms with Crippen molar-refractivity contribution in [2.24, 2.45) is 17.6 Å². The minimum atomic E-state index is -3.15. The van der Waals surface area contributed by atoms with E-state index in [1.165, 1.54) is 6.26 Å². The molecule has 1 saturated carbocycles. The Labute approximate surface area is 129 Å². The first-order valence-corrected chi connectivity index (χ1v) is 9.17. The maximum Gasteiger partial charge on any atom is 0.252 e. The number of carbonyl (C=O) groups excluding carboxylic acids is 1. The van der Waals surface area contributed by atoms with Crippen LogP contribution in [0.2, 0.25) is 0 Å². The molecule has 0 spiro atoms. The Kier molecular flexibility index (Phi) is 3.82. The van der Waals surface area contributed by atoms with Crippen LogP contribution in [0.1, 0.15) is 23.2 Å². The number of anilines is 1. The van der Waals surface area contributed by atoms with E-state index in [-0.39, 0.29) is 17.9 Å². The van der Waals surface area contributed by atoms with E-state index in [0.29, 0.717) is 24.5 Å². The highest BCUT2D eigenvalue weighted by molar-refractivity contribution is 7.88. The maximum atomic E-state index is 11.7. The summed E-state index contributed by atoms with van der Waals surface area (Å²) >= 11 is 0. The zero-order valence-electron chi connectivity index (χ0n) is 12.4. The van der Waals surface area contributed by atoms with Gasteiger partial charge < -0.3 is 11.1 Å². The molecule has 7 nitrogen and oxygen atoms in total. The van der Waals surface area contributed by atoms with Gasteiger partial charge in [0.25, 0.3) is 5.91 Å². The quantitative estimate of drug-likeness (QED) is 0.826. The number of nitrogens with two attached hydrogens (primary N) is 1. The Bertz CT molecular complexity index is 677. The molecule has 2 aliphatic rings. The number of sulfonamides is 1. The van der Waals surface area contributed by atoms with Crippen LogP contribution in [0.3, 0.4) is 0 Å².